The lowest BCUT2D eigenvalue weighted by molar-refractivity contribution is 0.0697. The Labute approximate surface area is 158 Å². The molecule has 0 amide bonds. The van der Waals surface area contributed by atoms with Crippen LogP contribution in [0.5, 0.6) is 0 Å². The molecule has 2 N–H and O–H groups in total. The van der Waals surface area contributed by atoms with Crippen LogP contribution < -0.4 is 5.32 Å². The Bertz CT molecular complexity index is 945. The van der Waals surface area contributed by atoms with E-state index in [4.69, 9.17) is 28.3 Å². The number of anilines is 2. The summed E-state index contributed by atoms with van der Waals surface area (Å²) in [5.74, 6) is -1.42. The summed E-state index contributed by atoms with van der Waals surface area (Å²) in [5.41, 5.74) is 1.44. The molecule has 0 spiro atoms. The fourth-order valence-corrected chi connectivity index (χ4v) is 2.81. The third-order valence-electron chi connectivity index (χ3n) is 3.61. The molecule has 3 aromatic rings. The molecule has 0 saturated carbocycles. The number of rotatable bonds is 5. The van der Waals surface area contributed by atoms with Gasteiger partial charge in [-0.3, -0.25) is 0 Å². The Morgan fingerprint density at radius 1 is 1.12 bits per heavy atom. The molecule has 0 saturated heterocycles. The van der Waals surface area contributed by atoms with Gasteiger partial charge in [0.1, 0.15) is 0 Å². The molecule has 1 aromatic heterocycles. The lowest BCUT2D eigenvalue weighted by Crippen LogP contribution is -2.04. The molecular weight excluding hydrogens is 380 g/mol. The Morgan fingerprint density at radius 2 is 1.77 bits per heavy atom. The second-order valence-corrected chi connectivity index (χ2v) is 6.19. The maximum atomic E-state index is 14.1. The van der Waals surface area contributed by atoms with Crippen molar-refractivity contribution >= 4 is 40.8 Å². The van der Waals surface area contributed by atoms with E-state index in [0.717, 1.165) is 6.20 Å². The van der Waals surface area contributed by atoms with Gasteiger partial charge < -0.3 is 10.4 Å². The molecule has 2 aromatic carbocycles. The van der Waals surface area contributed by atoms with Gasteiger partial charge in [-0.1, -0.05) is 29.3 Å². The van der Waals surface area contributed by atoms with Crippen LogP contribution in [0.25, 0.3) is 0 Å². The summed E-state index contributed by atoms with van der Waals surface area (Å²) in [6.07, 6.45) is 1.17. The van der Waals surface area contributed by atoms with Crippen molar-refractivity contribution in [3.8, 4) is 0 Å². The van der Waals surface area contributed by atoms with Crippen molar-refractivity contribution in [3.63, 3.8) is 0 Å². The van der Waals surface area contributed by atoms with Crippen LogP contribution in [0.2, 0.25) is 10.0 Å². The predicted octanol–water partition coefficient (Wildman–Crippen LogP) is 4.96. The van der Waals surface area contributed by atoms with Gasteiger partial charge in [0.25, 0.3) is 0 Å². The minimum atomic E-state index is -1.02. The molecule has 0 radical (unpaired) electrons. The highest BCUT2D eigenvalue weighted by molar-refractivity contribution is 6.36. The molecule has 0 unspecified atom stereocenters. The van der Waals surface area contributed by atoms with Gasteiger partial charge in [0.05, 0.1) is 17.5 Å². The number of carbonyl (C=O) groups is 1. The van der Waals surface area contributed by atoms with Crippen molar-refractivity contribution in [2.45, 2.75) is 6.42 Å². The summed E-state index contributed by atoms with van der Waals surface area (Å²) in [7, 11) is 0. The van der Waals surface area contributed by atoms with Crippen LogP contribution in [-0.4, -0.2) is 21.0 Å². The molecule has 132 valence electrons. The first-order valence-electron chi connectivity index (χ1n) is 7.48. The fraction of sp³-hybridized carbons (Fsp3) is 0.0556. The first kappa shape index (κ1) is 18.1. The molecule has 3 rings (SSSR count). The maximum absolute atomic E-state index is 14.1. The van der Waals surface area contributed by atoms with Gasteiger partial charge in [0.2, 0.25) is 5.95 Å². The average molecular weight is 392 g/mol. The zero-order chi connectivity index (χ0) is 18.7. The van der Waals surface area contributed by atoms with E-state index in [0.29, 0.717) is 21.3 Å². The number of carboxylic acids is 1. The van der Waals surface area contributed by atoms with Crippen molar-refractivity contribution in [3.05, 3.63) is 81.3 Å². The smallest absolute Gasteiger partial charge is 0.335 e. The molecule has 5 nitrogen and oxygen atoms in total. The molecule has 1 heterocycles. The highest BCUT2D eigenvalue weighted by Crippen LogP contribution is 2.27. The van der Waals surface area contributed by atoms with Crippen LogP contribution in [-0.2, 0) is 6.42 Å². The molecule has 8 heteroatoms. The standard InChI is InChI=1S/C18H12Cl2FN3O2/c19-13-2-1-3-14(20)12(13)8-16-15(21)9-22-18(24-16)23-11-6-4-10(5-7-11)17(25)26/h1-7,9H,8H2,(H,25,26)(H,22,23,24). The molecular formula is C18H12Cl2FN3O2. The molecule has 0 atom stereocenters. The van der Waals surface area contributed by atoms with Gasteiger partial charge in [0.15, 0.2) is 5.82 Å². The third-order valence-corrected chi connectivity index (χ3v) is 4.32. The topological polar surface area (TPSA) is 75.1 Å². The second-order valence-electron chi connectivity index (χ2n) is 5.37. The zero-order valence-electron chi connectivity index (χ0n) is 13.2. The van der Waals surface area contributed by atoms with E-state index in [2.05, 4.69) is 15.3 Å². The lowest BCUT2D eigenvalue weighted by Gasteiger charge is -2.10. The van der Waals surface area contributed by atoms with Gasteiger partial charge in [-0.05, 0) is 42.0 Å². The van der Waals surface area contributed by atoms with E-state index in [1.54, 1.807) is 30.3 Å². The van der Waals surface area contributed by atoms with Gasteiger partial charge >= 0.3 is 5.97 Å². The molecule has 0 bridgehead atoms. The highest BCUT2D eigenvalue weighted by atomic mass is 35.5. The number of hydrogen-bond donors (Lipinski definition) is 2. The quantitative estimate of drug-likeness (QED) is 0.642. The number of hydrogen-bond acceptors (Lipinski definition) is 4. The fourth-order valence-electron chi connectivity index (χ4n) is 2.28. The van der Waals surface area contributed by atoms with E-state index in [9.17, 15) is 9.18 Å². The number of nitrogens with one attached hydrogen (secondary N) is 1. The highest BCUT2D eigenvalue weighted by Gasteiger charge is 2.13. The Kier molecular flexibility index (Phi) is 5.35. The van der Waals surface area contributed by atoms with Crippen molar-refractivity contribution in [2.75, 3.05) is 5.32 Å². The lowest BCUT2D eigenvalue weighted by atomic mass is 10.1. The number of aromatic nitrogens is 2. The zero-order valence-corrected chi connectivity index (χ0v) is 14.7. The number of nitrogens with zero attached hydrogens (tertiary/aromatic N) is 2. The molecule has 0 aliphatic carbocycles. The number of halogens is 3. The van der Waals surface area contributed by atoms with Crippen LogP contribution in [0.4, 0.5) is 16.0 Å². The van der Waals surface area contributed by atoms with Crippen molar-refractivity contribution < 1.29 is 14.3 Å². The largest absolute Gasteiger partial charge is 0.478 e. The summed E-state index contributed by atoms with van der Waals surface area (Å²) in [4.78, 5) is 18.9. The number of aromatic carboxylic acids is 1. The molecule has 0 aliphatic rings. The summed E-state index contributed by atoms with van der Waals surface area (Å²) in [6.45, 7) is 0. The van der Waals surface area contributed by atoms with Crippen LogP contribution in [0.3, 0.4) is 0 Å². The SMILES string of the molecule is O=C(O)c1ccc(Nc2ncc(F)c(Cc3c(Cl)cccc3Cl)n2)cc1. The summed E-state index contributed by atoms with van der Waals surface area (Å²) in [6, 6.07) is 11.1. The molecule has 0 aliphatic heterocycles. The predicted molar refractivity (Wildman–Crippen MR) is 97.9 cm³/mol. The summed E-state index contributed by atoms with van der Waals surface area (Å²) < 4.78 is 14.1. The van der Waals surface area contributed by atoms with Crippen LogP contribution >= 0.6 is 23.2 Å². The van der Waals surface area contributed by atoms with Gasteiger partial charge in [-0.25, -0.2) is 19.2 Å². The number of benzene rings is 2. The molecule has 26 heavy (non-hydrogen) atoms. The maximum Gasteiger partial charge on any atom is 0.335 e. The van der Waals surface area contributed by atoms with E-state index in [1.807, 2.05) is 0 Å². The number of carboxylic acid groups (broad SMARTS) is 1. The first-order chi connectivity index (χ1) is 12.4. The average Bonchev–Trinajstić information content (AvgIpc) is 2.61. The van der Waals surface area contributed by atoms with Gasteiger partial charge in [-0.2, -0.15) is 0 Å². The van der Waals surface area contributed by atoms with E-state index in [-0.39, 0.29) is 23.6 Å². The monoisotopic (exact) mass is 391 g/mol. The van der Waals surface area contributed by atoms with Crippen molar-refractivity contribution in [2.24, 2.45) is 0 Å². The van der Waals surface area contributed by atoms with Gasteiger partial charge in [-0.15, -0.1) is 0 Å². The molecule has 0 fully saturated rings. The van der Waals surface area contributed by atoms with Crippen LogP contribution in [0, 0.1) is 5.82 Å². The minimum absolute atomic E-state index is 0.111. The van der Waals surface area contributed by atoms with Crippen LogP contribution in [0.15, 0.2) is 48.7 Å². The minimum Gasteiger partial charge on any atom is -0.478 e. The first-order valence-corrected chi connectivity index (χ1v) is 8.24. The van der Waals surface area contributed by atoms with Crippen molar-refractivity contribution in [1.82, 2.24) is 9.97 Å². The summed E-state index contributed by atoms with van der Waals surface area (Å²) in [5, 5.41) is 12.7. The van der Waals surface area contributed by atoms with Crippen molar-refractivity contribution in [1.29, 1.82) is 0 Å². The van der Waals surface area contributed by atoms with E-state index in [1.165, 1.54) is 12.1 Å². The Morgan fingerprint density at radius 3 is 2.38 bits per heavy atom. The third kappa shape index (κ3) is 4.09. The van der Waals surface area contributed by atoms with E-state index < -0.39 is 11.8 Å². The normalized spacial score (nSPS) is 10.6. The van der Waals surface area contributed by atoms with Gasteiger partial charge in [0, 0.05) is 22.2 Å². The van der Waals surface area contributed by atoms with Crippen LogP contribution in [0.1, 0.15) is 21.6 Å². The summed E-state index contributed by atoms with van der Waals surface area (Å²) >= 11 is 12.3. The Hall–Kier alpha value is -2.70. The Balaban J connectivity index is 1.84. The van der Waals surface area contributed by atoms with E-state index >= 15 is 0 Å². The second kappa shape index (κ2) is 7.68.